The van der Waals surface area contributed by atoms with Crippen molar-refractivity contribution in [2.24, 2.45) is 5.14 Å². The molecule has 1 aromatic heterocycles. The predicted molar refractivity (Wildman–Crippen MR) is 81.0 cm³/mol. The predicted octanol–water partition coefficient (Wildman–Crippen LogP) is 2.95. The molecule has 0 aliphatic rings. The molecule has 0 saturated heterocycles. The van der Waals surface area contributed by atoms with Gasteiger partial charge in [0.2, 0.25) is 15.9 Å². The van der Waals surface area contributed by atoms with E-state index >= 15 is 0 Å². The van der Waals surface area contributed by atoms with Crippen LogP contribution in [0.2, 0.25) is 0 Å². The zero-order valence-electron chi connectivity index (χ0n) is 12.2. The normalized spacial score (nSPS) is 11.7. The molecule has 21 heavy (non-hydrogen) atoms. The minimum absolute atomic E-state index is 0.00694. The van der Waals surface area contributed by atoms with Crippen LogP contribution in [0.15, 0.2) is 41.4 Å². The number of benzene rings is 1. The second-order valence-electron chi connectivity index (χ2n) is 5.15. The smallest absolute Gasteiger partial charge is 0.243 e. The second kappa shape index (κ2) is 5.83. The Labute approximate surface area is 124 Å². The van der Waals surface area contributed by atoms with Gasteiger partial charge in [-0.2, -0.15) is 0 Å². The highest BCUT2D eigenvalue weighted by atomic mass is 32.2. The quantitative estimate of drug-likeness (QED) is 0.941. The van der Waals surface area contributed by atoms with Crippen molar-refractivity contribution in [3.05, 3.63) is 47.7 Å². The summed E-state index contributed by atoms with van der Waals surface area (Å²) >= 11 is 0. The first-order chi connectivity index (χ1) is 9.79. The minimum Gasteiger partial charge on any atom is -0.437 e. The fourth-order valence-corrected chi connectivity index (χ4v) is 2.59. The first-order valence-corrected chi connectivity index (χ1v) is 8.10. The molecule has 112 valence electrons. The molecule has 5 nitrogen and oxygen atoms in total. The molecular formula is C15H18N2O3S. The average molecular weight is 306 g/mol. The summed E-state index contributed by atoms with van der Waals surface area (Å²) in [7, 11) is -3.88. The summed E-state index contributed by atoms with van der Waals surface area (Å²) in [5, 5.41) is 5.19. The molecule has 1 aromatic carbocycles. The Hall–Kier alpha value is -1.92. The third kappa shape index (κ3) is 3.59. The maximum absolute atomic E-state index is 11.6. The van der Waals surface area contributed by atoms with Crippen LogP contribution in [0.3, 0.4) is 0 Å². The van der Waals surface area contributed by atoms with Crippen LogP contribution in [0.25, 0.3) is 0 Å². The number of nitrogens with two attached hydrogens (primary N) is 1. The number of primary sulfonamides is 1. The van der Waals surface area contributed by atoms with Crippen LogP contribution in [0.1, 0.15) is 30.9 Å². The zero-order valence-corrected chi connectivity index (χ0v) is 13.0. The summed E-state index contributed by atoms with van der Waals surface area (Å²) in [6.07, 6.45) is 1.47. The molecule has 2 rings (SSSR count). The van der Waals surface area contributed by atoms with Crippen molar-refractivity contribution in [1.29, 1.82) is 0 Å². The van der Waals surface area contributed by atoms with Gasteiger partial charge in [0.1, 0.15) is 10.6 Å². The molecule has 0 fully saturated rings. The lowest BCUT2D eigenvalue weighted by Crippen LogP contribution is -2.14. The van der Waals surface area contributed by atoms with Crippen molar-refractivity contribution < 1.29 is 13.2 Å². The van der Waals surface area contributed by atoms with Gasteiger partial charge in [0.15, 0.2) is 0 Å². The summed E-state index contributed by atoms with van der Waals surface area (Å²) in [4.78, 5) is 3.87. The van der Waals surface area contributed by atoms with Crippen molar-refractivity contribution in [2.75, 3.05) is 0 Å². The number of nitrogens with zero attached hydrogens (tertiary/aromatic N) is 1. The van der Waals surface area contributed by atoms with E-state index in [0.717, 1.165) is 11.1 Å². The Bertz CT molecular complexity index is 755. The summed E-state index contributed by atoms with van der Waals surface area (Å²) in [5.74, 6) is 0.823. The third-order valence-corrected chi connectivity index (χ3v) is 3.96. The molecular weight excluding hydrogens is 288 g/mol. The number of aryl methyl sites for hydroxylation is 1. The monoisotopic (exact) mass is 306 g/mol. The van der Waals surface area contributed by atoms with Crippen molar-refractivity contribution in [3.8, 4) is 11.6 Å². The van der Waals surface area contributed by atoms with Crippen molar-refractivity contribution in [2.45, 2.75) is 31.6 Å². The maximum Gasteiger partial charge on any atom is 0.243 e. The van der Waals surface area contributed by atoms with E-state index in [1.54, 1.807) is 0 Å². The van der Waals surface area contributed by atoms with E-state index in [2.05, 4.69) is 4.98 Å². The Balaban J connectivity index is 2.51. The van der Waals surface area contributed by atoms with E-state index in [0.29, 0.717) is 5.75 Å². The van der Waals surface area contributed by atoms with E-state index in [4.69, 9.17) is 9.88 Å². The molecule has 0 bridgehead atoms. The highest BCUT2D eigenvalue weighted by molar-refractivity contribution is 7.89. The van der Waals surface area contributed by atoms with Crippen LogP contribution in [-0.4, -0.2) is 13.4 Å². The van der Waals surface area contributed by atoms with Gasteiger partial charge < -0.3 is 4.74 Å². The lowest BCUT2D eigenvalue weighted by molar-refractivity contribution is 0.439. The van der Waals surface area contributed by atoms with Crippen molar-refractivity contribution >= 4 is 10.0 Å². The number of ether oxygens (including phenoxy) is 1. The molecule has 2 aromatic rings. The first kappa shape index (κ1) is 15.5. The molecule has 0 unspecified atom stereocenters. The minimum atomic E-state index is -3.88. The molecule has 0 amide bonds. The van der Waals surface area contributed by atoms with E-state index < -0.39 is 10.0 Å². The van der Waals surface area contributed by atoms with Gasteiger partial charge in [-0.05, 0) is 42.2 Å². The number of sulfonamides is 1. The van der Waals surface area contributed by atoms with Gasteiger partial charge in [-0.3, -0.25) is 0 Å². The lowest BCUT2D eigenvalue weighted by Gasteiger charge is -2.15. The van der Waals surface area contributed by atoms with Crippen LogP contribution in [0, 0.1) is 6.92 Å². The van der Waals surface area contributed by atoms with Gasteiger partial charge in [-0.1, -0.05) is 26.0 Å². The standard InChI is InChI=1S/C15H18N2O3S/c1-10(2)12-7-6-11(3)9-13(12)20-15-14(21(16,18)19)5-4-8-17-15/h4-10H,1-3H3,(H2,16,18,19). The Morgan fingerprint density at radius 2 is 1.95 bits per heavy atom. The summed E-state index contributed by atoms with van der Waals surface area (Å²) in [6, 6.07) is 8.70. The highest BCUT2D eigenvalue weighted by Gasteiger charge is 2.18. The Morgan fingerprint density at radius 3 is 2.57 bits per heavy atom. The number of rotatable bonds is 4. The topological polar surface area (TPSA) is 82.3 Å². The largest absolute Gasteiger partial charge is 0.437 e. The highest BCUT2D eigenvalue weighted by Crippen LogP contribution is 2.32. The summed E-state index contributed by atoms with van der Waals surface area (Å²) in [6.45, 7) is 6.02. The molecule has 0 radical (unpaired) electrons. The number of pyridine rings is 1. The second-order valence-corrected chi connectivity index (χ2v) is 6.68. The third-order valence-electron chi connectivity index (χ3n) is 3.04. The zero-order chi connectivity index (χ0) is 15.6. The number of hydrogen-bond donors (Lipinski definition) is 1. The molecule has 0 aliphatic heterocycles. The first-order valence-electron chi connectivity index (χ1n) is 6.55. The average Bonchev–Trinajstić information content (AvgIpc) is 2.37. The molecule has 2 N–H and O–H groups in total. The van der Waals surface area contributed by atoms with Gasteiger partial charge in [-0.25, -0.2) is 18.5 Å². The van der Waals surface area contributed by atoms with E-state index in [1.807, 2.05) is 39.0 Å². The molecule has 0 atom stereocenters. The van der Waals surface area contributed by atoms with Gasteiger partial charge in [0, 0.05) is 6.20 Å². The molecule has 0 spiro atoms. The fourth-order valence-electron chi connectivity index (χ4n) is 1.98. The van der Waals surface area contributed by atoms with E-state index in [9.17, 15) is 8.42 Å². The van der Waals surface area contributed by atoms with Crippen LogP contribution in [-0.2, 0) is 10.0 Å². The summed E-state index contributed by atoms with van der Waals surface area (Å²) < 4.78 is 28.9. The molecule has 6 heteroatoms. The Kier molecular flexibility index (Phi) is 4.29. The molecule has 0 aliphatic carbocycles. The van der Waals surface area contributed by atoms with E-state index in [-0.39, 0.29) is 16.7 Å². The van der Waals surface area contributed by atoms with Gasteiger partial charge in [0.05, 0.1) is 0 Å². The summed E-state index contributed by atoms with van der Waals surface area (Å²) in [5.41, 5.74) is 1.99. The van der Waals surface area contributed by atoms with E-state index in [1.165, 1.54) is 18.3 Å². The van der Waals surface area contributed by atoms with Crippen LogP contribution >= 0.6 is 0 Å². The van der Waals surface area contributed by atoms with Crippen molar-refractivity contribution in [3.63, 3.8) is 0 Å². The SMILES string of the molecule is Cc1ccc(C(C)C)c(Oc2ncccc2S(N)(=O)=O)c1. The molecule has 0 saturated carbocycles. The number of aromatic nitrogens is 1. The van der Waals surface area contributed by atoms with Crippen LogP contribution in [0.4, 0.5) is 0 Å². The van der Waals surface area contributed by atoms with Gasteiger partial charge >= 0.3 is 0 Å². The number of hydrogen-bond acceptors (Lipinski definition) is 4. The maximum atomic E-state index is 11.6. The van der Waals surface area contributed by atoms with Gasteiger partial charge in [-0.15, -0.1) is 0 Å². The Morgan fingerprint density at radius 1 is 1.24 bits per heavy atom. The van der Waals surface area contributed by atoms with Crippen molar-refractivity contribution in [1.82, 2.24) is 4.98 Å². The fraction of sp³-hybridized carbons (Fsp3) is 0.267. The van der Waals surface area contributed by atoms with Gasteiger partial charge in [0.25, 0.3) is 0 Å². The lowest BCUT2D eigenvalue weighted by atomic mass is 10.0. The molecule has 1 heterocycles. The van der Waals surface area contributed by atoms with Crippen LogP contribution < -0.4 is 9.88 Å². The van der Waals surface area contributed by atoms with Crippen LogP contribution in [0.5, 0.6) is 11.6 Å².